The number of carbonyl (C=O) groups is 1. The largest absolute Gasteiger partial charge is 0.496 e. The maximum Gasteiger partial charge on any atom is 0.255 e. The van der Waals surface area contributed by atoms with Crippen LogP contribution in [0.2, 0.25) is 5.02 Å². The summed E-state index contributed by atoms with van der Waals surface area (Å²) in [6.45, 7) is 3.46. The summed E-state index contributed by atoms with van der Waals surface area (Å²) >= 11 is 6.12. The number of methoxy groups -OCH3 is 2. The molecule has 21 heavy (non-hydrogen) atoms. The third-order valence-corrected chi connectivity index (χ3v) is 4.18. The zero-order chi connectivity index (χ0) is 15.4. The molecule has 0 aromatic heterocycles. The van der Waals surface area contributed by atoms with Crippen LogP contribution in [0.25, 0.3) is 0 Å². The smallest absolute Gasteiger partial charge is 0.255 e. The van der Waals surface area contributed by atoms with E-state index in [0.29, 0.717) is 16.3 Å². The molecule has 1 fully saturated rings. The van der Waals surface area contributed by atoms with Crippen LogP contribution >= 0.6 is 11.6 Å². The molecule has 1 aliphatic heterocycles. The van der Waals surface area contributed by atoms with Crippen LogP contribution in [0.4, 0.5) is 0 Å². The lowest BCUT2D eigenvalue weighted by Gasteiger charge is -2.31. The minimum Gasteiger partial charge on any atom is -0.496 e. The number of hydrogen-bond donors (Lipinski definition) is 2. The van der Waals surface area contributed by atoms with Gasteiger partial charge in [0.25, 0.3) is 5.91 Å². The zero-order valence-corrected chi connectivity index (χ0v) is 13.3. The number of amides is 1. The highest BCUT2D eigenvalue weighted by molar-refractivity contribution is 6.31. The second-order valence-electron chi connectivity index (χ2n) is 5.15. The Balaban J connectivity index is 2.18. The number of hydrogen-bond acceptors (Lipinski definition) is 4. The van der Waals surface area contributed by atoms with E-state index >= 15 is 0 Å². The molecule has 1 aromatic rings. The Kier molecular flexibility index (Phi) is 5.45. The lowest BCUT2D eigenvalue weighted by atomic mass is 10.0. The second kappa shape index (κ2) is 7.11. The van der Waals surface area contributed by atoms with E-state index in [2.05, 4.69) is 10.6 Å². The van der Waals surface area contributed by atoms with Gasteiger partial charge in [-0.25, -0.2) is 0 Å². The van der Waals surface area contributed by atoms with Crippen LogP contribution in [0.3, 0.4) is 0 Å². The van der Waals surface area contributed by atoms with Gasteiger partial charge < -0.3 is 20.1 Å². The van der Waals surface area contributed by atoms with Crippen LogP contribution in [0, 0.1) is 6.92 Å². The molecule has 0 unspecified atom stereocenters. The van der Waals surface area contributed by atoms with Gasteiger partial charge in [0, 0.05) is 18.7 Å². The van der Waals surface area contributed by atoms with Gasteiger partial charge in [0.1, 0.15) is 5.75 Å². The summed E-state index contributed by atoms with van der Waals surface area (Å²) < 4.78 is 10.7. The van der Waals surface area contributed by atoms with Crippen molar-refractivity contribution in [2.45, 2.75) is 25.5 Å². The minimum absolute atomic E-state index is 0.0199. The molecule has 5 nitrogen and oxygen atoms in total. The van der Waals surface area contributed by atoms with Crippen LogP contribution in [0.15, 0.2) is 12.1 Å². The molecule has 0 bridgehead atoms. The Labute approximate surface area is 130 Å². The summed E-state index contributed by atoms with van der Waals surface area (Å²) in [5.41, 5.74) is 1.32. The first-order valence-electron chi connectivity index (χ1n) is 6.95. The maximum atomic E-state index is 12.5. The van der Waals surface area contributed by atoms with Gasteiger partial charge >= 0.3 is 0 Å². The van der Waals surface area contributed by atoms with Crippen molar-refractivity contribution in [3.8, 4) is 5.75 Å². The molecule has 0 spiro atoms. The molecule has 0 radical (unpaired) electrons. The van der Waals surface area contributed by atoms with E-state index in [4.69, 9.17) is 21.1 Å². The normalized spacial score (nSPS) is 21.9. The highest BCUT2D eigenvalue weighted by Gasteiger charge is 2.27. The highest BCUT2D eigenvalue weighted by Crippen LogP contribution is 2.26. The van der Waals surface area contributed by atoms with Crippen LogP contribution in [-0.2, 0) is 4.74 Å². The summed E-state index contributed by atoms with van der Waals surface area (Å²) in [5.74, 6) is 0.333. The SMILES string of the molecule is COc1cc(C)c(Cl)cc1C(=O)N[C@@H]1CCNC[C@@H]1OC. The first-order valence-corrected chi connectivity index (χ1v) is 7.33. The van der Waals surface area contributed by atoms with E-state index in [-0.39, 0.29) is 18.1 Å². The van der Waals surface area contributed by atoms with Crippen molar-refractivity contribution in [1.29, 1.82) is 0 Å². The van der Waals surface area contributed by atoms with Crippen molar-refractivity contribution < 1.29 is 14.3 Å². The molecule has 0 aliphatic carbocycles. The summed E-state index contributed by atoms with van der Waals surface area (Å²) in [7, 11) is 3.20. The van der Waals surface area contributed by atoms with Gasteiger partial charge in [-0.15, -0.1) is 0 Å². The Bertz CT molecular complexity index is 522. The molecule has 6 heteroatoms. The Hall–Kier alpha value is -1.30. The molecule has 0 saturated carbocycles. The van der Waals surface area contributed by atoms with Crippen molar-refractivity contribution in [1.82, 2.24) is 10.6 Å². The second-order valence-corrected chi connectivity index (χ2v) is 5.56. The topological polar surface area (TPSA) is 59.6 Å². The van der Waals surface area contributed by atoms with E-state index < -0.39 is 0 Å². The van der Waals surface area contributed by atoms with E-state index in [1.807, 2.05) is 6.92 Å². The predicted molar refractivity (Wildman–Crippen MR) is 82.3 cm³/mol. The van der Waals surface area contributed by atoms with E-state index in [1.165, 1.54) is 0 Å². The van der Waals surface area contributed by atoms with Gasteiger partial charge in [0.2, 0.25) is 0 Å². The van der Waals surface area contributed by atoms with Crippen LogP contribution < -0.4 is 15.4 Å². The number of aryl methyl sites for hydroxylation is 1. The molecular weight excluding hydrogens is 292 g/mol. The zero-order valence-electron chi connectivity index (χ0n) is 12.5. The van der Waals surface area contributed by atoms with Crippen LogP contribution in [-0.4, -0.2) is 45.4 Å². The maximum absolute atomic E-state index is 12.5. The first-order chi connectivity index (χ1) is 10.1. The summed E-state index contributed by atoms with van der Waals surface area (Å²) in [5, 5.41) is 6.81. The quantitative estimate of drug-likeness (QED) is 0.889. The number of carbonyl (C=O) groups excluding carboxylic acids is 1. The molecule has 1 heterocycles. The van der Waals surface area contributed by atoms with Gasteiger partial charge in [-0.2, -0.15) is 0 Å². The van der Waals surface area contributed by atoms with Gasteiger partial charge in [-0.3, -0.25) is 4.79 Å². The number of halogens is 1. The molecular formula is C15H21ClN2O3. The third kappa shape index (κ3) is 3.67. The lowest BCUT2D eigenvalue weighted by molar-refractivity contribution is 0.0476. The monoisotopic (exact) mass is 312 g/mol. The van der Waals surface area contributed by atoms with Crippen molar-refractivity contribution in [2.75, 3.05) is 27.3 Å². The summed E-state index contributed by atoms with van der Waals surface area (Å²) in [6.07, 6.45) is 0.793. The van der Waals surface area contributed by atoms with Gasteiger partial charge in [-0.05, 0) is 37.6 Å². The molecule has 1 amide bonds. The Morgan fingerprint density at radius 1 is 1.43 bits per heavy atom. The van der Waals surface area contributed by atoms with Crippen molar-refractivity contribution >= 4 is 17.5 Å². The van der Waals surface area contributed by atoms with Gasteiger partial charge in [0.15, 0.2) is 0 Å². The number of ether oxygens (including phenoxy) is 2. The molecule has 1 saturated heterocycles. The van der Waals surface area contributed by atoms with E-state index in [9.17, 15) is 4.79 Å². The van der Waals surface area contributed by atoms with Crippen LogP contribution in [0.5, 0.6) is 5.75 Å². The summed E-state index contributed by atoms with van der Waals surface area (Å²) in [6, 6.07) is 3.40. The van der Waals surface area contributed by atoms with E-state index in [1.54, 1.807) is 26.4 Å². The molecule has 1 aliphatic rings. The van der Waals surface area contributed by atoms with E-state index in [0.717, 1.165) is 25.1 Å². The number of nitrogens with one attached hydrogen (secondary N) is 2. The molecule has 2 rings (SSSR count). The van der Waals surface area contributed by atoms with Crippen molar-refractivity contribution in [2.24, 2.45) is 0 Å². The summed E-state index contributed by atoms with van der Waals surface area (Å²) in [4.78, 5) is 12.5. The number of benzene rings is 1. The first kappa shape index (κ1) is 16.1. The average Bonchev–Trinajstić information content (AvgIpc) is 2.50. The highest BCUT2D eigenvalue weighted by atomic mass is 35.5. The fraction of sp³-hybridized carbons (Fsp3) is 0.533. The molecule has 2 N–H and O–H groups in total. The van der Waals surface area contributed by atoms with Crippen molar-refractivity contribution in [3.05, 3.63) is 28.3 Å². The van der Waals surface area contributed by atoms with Crippen molar-refractivity contribution in [3.63, 3.8) is 0 Å². The molecule has 116 valence electrons. The van der Waals surface area contributed by atoms with Crippen LogP contribution in [0.1, 0.15) is 22.3 Å². The average molecular weight is 313 g/mol. The fourth-order valence-corrected chi connectivity index (χ4v) is 2.65. The number of piperidine rings is 1. The standard InChI is InChI=1S/C15H21ClN2O3/c1-9-6-13(20-2)10(7-11(9)16)15(19)18-12-4-5-17-8-14(12)21-3/h6-7,12,14,17H,4-5,8H2,1-3H3,(H,18,19)/t12-,14+/m1/s1. The number of rotatable bonds is 4. The fourth-order valence-electron chi connectivity index (χ4n) is 2.49. The minimum atomic E-state index is -0.192. The lowest BCUT2D eigenvalue weighted by Crippen LogP contribution is -2.53. The predicted octanol–water partition coefficient (Wildman–Crippen LogP) is 1.76. The molecule has 2 atom stereocenters. The Morgan fingerprint density at radius 3 is 2.86 bits per heavy atom. The Morgan fingerprint density at radius 2 is 2.19 bits per heavy atom. The van der Waals surface area contributed by atoms with Gasteiger partial charge in [-0.1, -0.05) is 11.6 Å². The third-order valence-electron chi connectivity index (χ3n) is 3.77. The molecule has 1 aromatic carbocycles. The van der Waals surface area contributed by atoms with Gasteiger partial charge in [0.05, 0.1) is 24.8 Å².